The first kappa shape index (κ1) is 13.2. The van der Waals surface area contributed by atoms with Crippen molar-refractivity contribution in [2.75, 3.05) is 0 Å². The van der Waals surface area contributed by atoms with Crippen LogP contribution in [0.3, 0.4) is 0 Å². The molecular weight excluding hydrogens is 226 g/mol. The van der Waals surface area contributed by atoms with E-state index in [1.807, 2.05) is 20.6 Å². The SMILES string of the molecule is CB1[B]B=C(C(=O)NC2CCC(=O)NC2=O)B=B1. The van der Waals surface area contributed by atoms with E-state index in [-0.39, 0.29) is 18.2 Å². The van der Waals surface area contributed by atoms with Gasteiger partial charge in [0.25, 0.3) is 0 Å². The van der Waals surface area contributed by atoms with Crippen molar-refractivity contribution in [3.8, 4) is 0 Å². The van der Waals surface area contributed by atoms with Gasteiger partial charge in [-0.05, 0) is 0 Å². The van der Waals surface area contributed by atoms with Crippen LogP contribution >= 0.6 is 0 Å². The molecule has 1 atom stereocenters. The van der Waals surface area contributed by atoms with E-state index in [1.54, 1.807) is 13.6 Å². The van der Waals surface area contributed by atoms with Crippen LogP contribution in [0.1, 0.15) is 12.8 Å². The third-order valence-corrected chi connectivity index (χ3v) is 2.97. The molecule has 3 amide bonds. The van der Waals surface area contributed by atoms with Crippen LogP contribution in [0.4, 0.5) is 0 Å². The molecule has 10 heteroatoms. The summed E-state index contributed by atoms with van der Waals surface area (Å²) in [5.74, 6) is -1.01. The summed E-state index contributed by atoms with van der Waals surface area (Å²) in [5.41, 5.74) is 0. The Kier molecular flexibility index (Phi) is 4.14. The molecule has 18 heavy (non-hydrogen) atoms. The molecule has 2 aliphatic rings. The summed E-state index contributed by atoms with van der Waals surface area (Å²) in [6.45, 7) is 7.73. The van der Waals surface area contributed by atoms with Crippen molar-refractivity contribution in [2.45, 2.75) is 25.7 Å². The summed E-state index contributed by atoms with van der Waals surface area (Å²) in [6.07, 6.45) is 0.613. The zero-order valence-electron chi connectivity index (χ0n) is 10.1. The van der Waals surface area contributed by atoms with Crippen molar-refractivity contribution in [1.29, 1.82) is 0 Å². The minimum atomic E-state index is -0.621. The van der Waals surface area contributed by atoms with Crippen LogP contribution < -0.4 is 10.6 Å². The second-order valence-corrected chi connectivity index (χ2v) is 4.51. The Hall–Kier alpha value is -1.20. The van der Waals surface area contributed by atoms with Crippen LogP contribution in [0.25, 0.3) is 0 Å². The van der Waals surface area contributed by atoms with E-state index in [9.17, 15) is 14.4 Å². The predicted molar refractivity (Wildman–Crippen MR) is 74.0 cm³/mol. The first-order chi connectivity index (χ1) is 8.56. The van der Waals surface area contributed by atoms with Gasteiger partial charge in [-0.25, -0.2) is 0 Å². The van der Waals surface area contributed by atoms with Crippen LogP contribution in [0.2, 0.25) is 6.82 Å². The Labute approximate surface area is 108 Å². The third-order valence-electron chi connectivity index (χ3n) is 2.97. The number of carbonyl (C=O) groups is 3. The second-order valence-electron chi connectivity index (χ2n) is 4.51. The first-order valence-corrected chi connectivity index (χ1v) is 5.94. The van der Waals surface area contributed by atoms with Gasteiger partial charge in [0.15, 0.2) is 0 Å². The maximum absolute atomic E-state index is 11.9. The Morgan fingerprint density at radius 1 is 1.50 bits per heavy atom. The van der Waals surface area contributed by atoms with Gasteiger partial charge in [-0.2, -0.15) is 0 Å². The van der Waals surface area contributed by atoms with Crippen molar-refractivity contribution < 1.29 is 14.4 Å². The quantitative estimate of drug-likeness (QED) is 0.392. The zero-order valence-corrected chi connectivity index (χ0v) is 10.1. The molecule has 85 valence electrons. The van der Waals surface area contributed by atoms with Gasteiger partial charge in [0.1, 0.15) is 0 Å². The number of nitrogens with one attached hydrogen (secondary N) is 2. The van der Waals surface area contributed by atoms with E-state index >= 15 is 0 Å². The van der Waals surface area contributed by atoms with Gasteiger partial charge in [-0.15, -0.1) is 0 Å². The van der Waals surface area contributed by atoms with E-state index in [2.05, 4.69) is 10.6 Å². The van der Waals surface area contributed by atoms with Crippen LogP contribution in [-0.4, -0.2) is 63.0 Å². The van der Waals surface area contributed by atoms with Crippen molar-refractivity contribution in [1.82, 2.24) is 10.6 Å². The van der Waals surface area contributed by atoms with Crippen molar-refractivity contribution >= 4 is 56.9 Å². The number of carbonyl (C=O) groups excluding carboxylic acids is 3. The van der Waals surface area contributed by atoms with E-state index in [0.717, 1.165) is 0 Å². The summed E-state index contributed by atoms with van der Waals surface area (Å²) in [6, 6.07) is -0.621. The van der Waals surface area contributed by atoms with Crippen LogP contribution in [0.5, 0.6) is 0 Å². The van der Waals surface area contributed by atoms with Crippen LogP contribution in [0.15, 0.2) is 0 Å². The number of hydrogen-bond donors (Lipinski definition) is 2. The number of rotatable bonds is 2. The average Bonchev–Trinajstić information content (AvgIpc) is 2.33. The standard InChI is InChI=1S/C8H10B5N2O3/c1-13-11-9-6(10-12-13)8(18)14-4-2-3-5(16)15-7(4)17/h4H,2-3H2,1H3,(H,14,18)(H,15,16,17). The monoisotopic (exact) mass is 237 g/mol. The molecule has 2 N–H and O–H groups in total. The fourth-order valence-corrected chi connectivity index (χ4v) is 1.85. The van der Waals surface area contributed by atoms with E-state index < -0.39 is 11.9 Å². The fraction of sp³-hybridized carbons (Fsp3) is 0.500. The molecule has 0 aromatic heterocycles. The molecule has 0 aliphatic carbocycles. The van der Waals surface area contributed by atoms with E-state index in [0.29, 0.717) is 18.3 Å². The summed E-state index contributed by atoms with van der Waals surface area (Å²) in [7, 11) is 1.92. The summed E-state index contributed by atoms with van der Waals surface area (Å²) in [5, 5.41) is 5.36. The molecular formula is C8H10B5N2O3. The Bertz CT molecular complexity index is 464. The molecule has 1 unspecified atom stereocenters. The molecule has 2 heterocycles. The number of amides is 3. The molecule has 0 saturated carbocycles. The normalized spacial score (nSPS) is 21.7. The zero-order chi connectivity index (χ0) is 13.1. The van der Waals surface area contributed by atoms with E-state index in [4.69, 9.17) is 0 Å². The first-order valence-electron chi connectivity index (χ1n) is 5.94. The van der Waals surface area contributed by atoms with Gasteiger partial charge in [-0.3, -0.25) is 0 Å². The number of imide groups is 1. The molecule has 0 aromatic rings. The summed E-state index contributed by atoms with van der Waals surface area (Å²) in [4.78, 5) is 34.3. The molecule has 1 fully saturated rings. The summed E-state index contributed by atoms with van der Waals surface area (Å²) >= 11 is 0. The molecule has 5 nitrogen and oxygen atoms in total. The third kappa shape index (κ3) is 3.18. The fourth-order valence-electron chi connectivity index (χ4n) is 1.85. The van der Waals surface area contributed by atoms with Gasteiger partial charge < -0.3 is 0 Å². The van der Waals surface area contributed by atoms with Gasteiger partial charge in [0, 0.05) is 0 Å². The molecule has 2 rings (SSSR count). The topological polar surface area (TPSA) is 75.3 Å². The molecule has 0 aromatic carbocycles. The van der Waals surface area contributed by atoms with Gasteiger partial charge in [0.2, 0.25) is 0 Å². The number of hydrogen-bond acceptors (Lipinski definition) is 3. The van der Waals surface area contributed by atoms with Gasteiger partial charge >= 0.3 is 108 Å². The minimum absolute atomic E-state index is 0.259. The van der Waals surface area contributed by atoms with Crippen LogP contribution in [0, 0.1) is 0 Å². The molecule has 0 spiro atoms. The number of piperidine rings is 1. The van der Waals surface area contributed by atoms with Crippen molar-refractivity contribution in [3.63, 3.8) is 0 Å². The molecule has 0 bridgehead atoms. The van der Waals surface area contributed by atoms with E-state index in [1.165, 1.54) is 0 Å². The Morgan fingerprint density at radius 3 is 2.89 bits per heavy atom. The van der Waals surface area contributed by atoms with Crippen molar-refractivity contribution in [2.24, 2.45) is 0 Å². The molecule has 1 saturated heterocycles. The average molecular weight is 236 g/mol. The maximum atomic E-state index is 11.9. The Morgan fingerprint density at radius 2 is 2.28 bits per heavy atom. The van der Waals surface area contributed by atoms with Gasteiger partial charge in [0.05, 0.1) is 0 Å². The molecule has 2 aliphatic heterocycles. The Balaban J connectivity index is 1.94. The van der Waals surface area contributed by atoms with Gasteiger partial charge in [-0.1, -0.05) is 0 Å². The molecule has 1 radical (unpaired) electrons. The predicted octanol–water partition coefficient (Wildman–Crippen LogP) is -3.18. The summed E-state index contributed by atoms with van der Waals surface area (Å²) < 4.78 is 0. The van der Waals surface area contributed by atoms with Crippen LogP contribution in [-0.2, 0) is 14.4 Å². The second kappa shape index (κ2) is 5.63. The van der Waals surface area contributed by atoms with Crippen molar-refractivity contribution in [3.05, 3.63) is 0 Å².